The summed E-state index contributed by atoms with van der Waals surface area (Å²) in [6, 6.07) is -0.454. The van der Waals surface area contributed by atoms with Gasteiger partial charge in [-0.05, 0) is 26.0 Å². The number of carbonyl (C=O) groups is 1. The molecule has 0 amide bonds. The van der Waals surface area contributed by atoms with Crippen LogP contribution >= 0.6 is 11.6 Å². The maximum absolute atomic E-state index is 13.5. The fraction of sp³-hybridized carbons (Fsp3) is 0.294. The second-order valence-electron chi connectivity index (χ2n) is 6.28. The lowest BCUT2D eigenvalue weighted by molar-refractivity contribution is -0.139. The van der Waals surface area contributed by atoms with E-state index in [0.29, 0.717) is 6.07 Å². The van der Waals surface area contributed by atoms with Crippen LogP contribution in [0.1, 0.15) is 29.8 Å². The smallest absolute Gasteiger partial charge is 0.358 e. The molecule has 3 heterocycles. The first-order valence-corrected chi connectivity index (χ1v) is 8.64. The van der Waals surface area contributed by atoms with Crippen LogP contribution in [0.25, 0.3) is 16.9 Å². The van der Waals surface area contributed by atoms with E-state index >= 15 is 0 Å². The minimum absolute atomic E-state index is 0.0665. The number of fused-ring (bicyclic) bond motifs is 1. The van der Waals surface area contributed by atoms with Crippen molar-refractivity contribution >= 4 is 28.8 Å². The molecule has 0 aliphatic heterocycles. The third-order valence-corrected chi connectivity index (χ3v) is 4.45. The molecule has 0 fully saturated rings. The van der Waals surface area contributed by atoms with Gasteiger partial charge in [0.15, 0.2) is 11.4 Å². The molecule has 160 valence electrons. The fourth-order valence-electron chi connectivity index (χ4n) is 2.68. The number of alkyl halides is 6. The first kappa shape index (κ1) is 21.8. The highest BCUT2D eigenvalue weighted by Crippen LogP contribution is 2.42. The van der Waals surface area contributed by atoms with Crippen LogP contribution < -0.4 is 5.32 Å². The average molecular weight is 452 g/mol. The van der Waals surface area contributed by atoms with Crippen LogP contribution in [0.15, 0.2) is 24.5 Å². The standard InChI is InChI=1S/C17H12ClF6N5O/c1-7(30)9-6-26-29-14(9)28-13(18)11(15(29)27-8(2)16(19,20)21)12-10(17(22,23)24)4-3-5-25-12/h3-6,8,27H,1-2H3. The Hall–Kier alpha value is -2.89. The van der Waals surface area contributed by atoms with Crippen LogP contribution in [0.3, 0.4) is 0 Å². The zero-order chi connectivity index (χ0) is 22.4. The molecule has 0 radical (unpaired) electrons. The molecule has 3 aromatic rings. The van der Waals surface area contributed by atoms with Gasteiger partial charge in [0, 0.05) is 6.20 Å². The zero-order valence-corrected chi connectivity index (χ0v) is 16.0. The maximum atomic E-state index is 13.5. The molecule has 0 aliphatic carbocycles. The molecule has 1 atom stereocenters. The number of pyridine rings is 1. The Morgan fingerprint density at radius 1 is 1.23 bits per heavy atom. The van der Waals surface area contributed by atoms with Crippen molar-refractivity contribution in [3.05, 3.63) is 40.8 Å². The van der Waals surface area contributed by atoms with Crippen LogP contribution in [-0.2, 0) is 6.18 Å². The molecule has 0 spiro atoms. The van der Waals surface area contributed by atoms with Crippen molar-refractivity contribution in [1.29, 1.82) is 0 Å². The lowest BCUT2D eigenvalue weighted by atomic mass is 10.1. The van der Waals surface area contributed by atoms with Gasteiger partial charge in [-0.3, -0.25) is 9.78 Å². The second kappa shape index (κ2) is 7.42. The number of ketones is 1. The normalized spacial score (nSPS) is 13.5. The van der Waals surface area contributed by atoms with E-state index in [9.17, 15) is 31.1 Å². The number of hydrogen-bond donors (Lipinski definition) is 1. The van der Waals surface area contributed by atoms with E-state index in [1.54, 1.807) is 0 Å². The van der Waals surface area contributed by atoms with Crippen molar-refractivity contribution in [3.8, 4) is 11.3 Å². The Morgan fingerprint density at radius 2 is 1.90 bits per heavy atom. The Bertz CT molecular complexity index is 1120. The molecule has 3 aromatic heterocycles. The summed E-state index contributed by atoms with van der Waals surface area (Å²) in [6.45, 7) is 1.94. The van der Waals surface area contributed by atoms with E-state index in [4.69, 9.17) is 11.6 Å². The molecule has 13 heteroatoms. The largest absolute Gasteiger partial charge is 0.418 e. The van der Waals surface area contributed by atoms with E-state index in [0.717, 1.165) is 29.9 Å². The molecular weight excluding hydrogens is 440 g/mol. The molecular formula is C17H12ClF6N5O. The van der Waals surface area contributed by atoms with Crippen LogP contribution in [-0.4, -0.2) is 37.6 Å². The summed E-state index contributed by atoms with van der Waals surface area (Å²) in [4.78, 5) is 19.4. The first-order valence-electron chi connectivity index (χ1n) is 8.26. The number of anilines is 1. The highest BCUT2D eigenvalue weighted by Gasteiger charge is 2.39. The van der Waals surface area contributed by atoms with E-state index in [1.807, 2.05) is 0 Å². The van der Waals surface area contributed by atoms with Crippen molar-refractivity contribution < 1.29 is 31.1 Å². The van der Waals surface area contributed by atoms with E-state index in [1.165, 1.54) is 6.92 Å². The lowest BCUT2D eigenvalue weighted by Gasteiger charge is -2.22. The fourth-order valence-corrected chi connectivity index (χ4v) is 2.94. The summed E-state index contributed by atoms with van der Waals surface area (Å²) in [5.41, 5.74) is -2.77. The van der Waals surface area contributed by atoms with Crippen LogP contribution in [0.5, 0.6) is 0 Å². The van der Waals surface area contributed by atoms with Gasteiger partial charge >= 0.3 is 12.4 Å². The Balaban J connectivity index is 2.39. The lowest BCUT2D eigenvalue weighted by Crippen LogP contribution is -2.34. The topological polar surface area (TPSA) is 72.2 Å². The number of rotatable bonds is 4. The molecule has 0 aliphatic rings. The van der Waals surface area contributed by atoms with Crippen molar-refractivity contribution in [3.63, 3.8) is 0 Å². The summed E-state index contributed by atoms with van der Waals surface area (Å²) >= 11 is 6.10. The number of aromatic nitrogens is 4. The van der Waals surface area contributed by atoms with Crippen molar-refractivity contribution in [1.82, 2.24) is 19.6 Å². The third-order valence-electron chi connectivity index (χ3n) is 4.18. The molecule has 6 nitrogen and oxygen atoms in total. The van der Waals surface area contributed by atoms with Gasteiger partial charge < -0.3 is 5.32 Å². The minimum atomic E-state index is -4.87. The Morgan fingerprint density at radius 3 is 2.47 bits per heavy atom. The number of halogens is 7. The van der Waals surface area contributed by atoms with Gasteiger partial charge in [-0.15, -0.1) is 0 Å². The summed E-state index contributed by atoms with van der Waals surface area (Å²) in [6.07, 6.45) is -7.54. The summed E-state index contributed by atoms with van der Waals surface area (Å²) < 4.78 is 80.9. The van der Waals surface area contributed by atoms with E-state index in [-0.39, 0.29) is 11.2 Å². The van der Waals surface area contributed by atoms with Gasteiger partial charge in [0.05, 0.1) is 28.6 Å². The number of Topliss-reactive ketones (excluding diaryl/α,β-unsaturated/α-hetero) is 1. The molecule has 0 saturated heterocycles. The highest BCUT2D eigenvalue weighted by molar-refractivity contribution is 6.33. The summed E-state index contributed by atoms with van der Waals surface area (Å²) in [5, 5.41) is 5.35. The highest BCUT2D eigenvalue weighted by atomic mass is 35.5. The predicted octanol–water partition coefficient (Wildman–Crippen LogP) is 5.03. The average Bonchev–Trinajstić information content (AvgIpc) is 3.04. The van der Waals surface area contributed by atoms with Gasteiger partial charge in [0.25, 0.3) is 0 Å². The number of carbonyl (C=O) groups excluding carboxylic acids is 1. The molecule has 0 saturated carbocycles. The Kier molecular flexibility index (Phi) is 5.39. The van der Waals surface area contributed by atoms with Gasteiger partial charge in [-0.1, -0.05) is 11.6 Å². The molecule has 30 heavy (non-hydrogen) atoms. The van der Waals surface area contributed by atoms with Crippen molar-refractivity contribution in [2.45, 2.75) is 32.2 Å². The molecule has 1 unspecified atom stereocenters. The number of nitrogens with zero attached hydrogens (tertiary/aromatic N) is 4. The van der Waals surface area contributed by atoms with Gasteiger partial charge in [-0.25, -0.2) is 4.98 Å². The van der Waals surface area contributed by atoms with Gasteiger partial charge in [0.2, 0.25) is 0 Å². The van der Waals surface area contributed by atoms with Crippen LogP contribution in [0.2, 0.25) is 5.15 Å². The number of hydrogen-bond acceptors (Lipinski definition) is 5. The number of nitrogens with one attached hydrogen (secondary N) is 1. The van der Waals surface area contributed by atoms with Crippen molar-refractivity contribution in [2.24, 2.45) is 0 Å². The molecule has 3 rings (SSSR count). The van der Waals surface area contributed by atoms with Gasteiger partial charge in [-0.2, -0.15) is 36.0 Å². The maximum Gasteiger partial charge on any atom is 0.418 e. The monoisotopic (exact) mass is 451 g/mol. The van der Waals surface area contributed by atoms with E-state index in [2.05, 4.69) is 20.4 Å². The van der Waals surface area contributed by atoms with Gasteiger partial charge in [0.1, 0.15) is 17.0 Å². The summed E-state index contributed by atoms with van der Waals surface area (Å²) in [5.74, 6) is -1.04. The predicted molar refractivity (Wildman–Crippen MR) is 95.4 cm³/mol. The third kappa shape index (κ3) is 3.91. The summed E-state index contributed by atoms with van der Waals surface area (Å²) in [7, 11) is 0. The zero-order valence-electron chi connectivity index (χ0n) is 15.2. The second-order valence-corrected chi connectivity index (χ2v) is 6.64. The minimum Gasteiger partial charge on any atom is -0.358 e. The van der Waals surface area contributed by atoms with E-state index < -0.39 is 52.0 Å². The SMILES string of the molecule is CC(=O)c1cnn2c(NC(C)C(F)(F)F)c(-c3ncccc3C(F)(F)F)c(Cl)nc12. The van der Waals surface area contributed by atoms with Crippen LogP contribution in [0, 0.1) is 0 Å². The molecule has 0 aromatic carbocycles. The van der Waals surface area contributed by atoms with Crippen LogP contribution in [0.4, 0.5) is 32.2 Å². The Labute approximate surface area is 169 Å². The first-order chi connectivity index (χ1) is 13.8. The quantitative estimate of drug-likeness (QED) is 0.342. The molecule has 1 N–H and O–H groups in total. The van der Waals surface area contributed by atoms with Crippen molar-refractivity contribution in [2.75, 3.05) is 5.32 Å². The molecule has 0 bridgehead atoms.